The summed E-state index contributed by atoms with van der Waals surface area (Å²) in [6.45, 7) is 5.99. The van der Waals surface area contributed by atoms with Gasteiger partial charge in [0, 0.05) is 26.2 Å². The van der Waals surface area contributed by atoms with Crippen molar-refractivity contribution in [3.05, 3.63) is 0 Å². The van der Waals surface area contributed by atoms with E-state index in [9.17, 15) is 4.79 Å². The lowest BCUT2D eigenvalue weighted by atomic mass is 9.79. The Morgan fingerprint density at radius 3 is 2.43 bits per heavy atom. The van der Waals surface area contributed by atoms with Gasteiger partial charge in [0.2, 0.25) is 5.91 Å². The molecule has 2 rings (SSSR count). The predicted octanol–water partition coefficient (Wildman–Crippen LogP) is 1.12. The lowest BCUT2D eigenvalue weighted by Crippen LogP contribution is -2.46. The second kappa shape index (κ2) is 8.71. The maximum atomic E-state index is 12.5. The van der Waals surface area contributed by atoms with Crippen LogP contribution in [0.3, 0.4) is 0 Å². The molecule has 0 aromatic heterocycles. The van der Waals surface area contributed by atoms with E-state index in [1.165, 1.54) is 12.8 Å². The Labute approximate surface area is 128 Å². The highest BCUT2D eigenvalue weighted by Crippen LogP contribution is 2.34. The molecule has 0 atom stereocenters. The second-order valence-electron chi connectivity index (χ2n) is 6.46. The van der Waals surface area contributed by atoms with Gasteiger partial charge in [-0.25, -0.2) is 0 Å². The van der Waals surface area contributed by atoms with Crippen molar-refractivity contribution in [2.24, 2.45) is 11.1 Å². The highest BCUT2D eigenvalue weighted by atomic mass is 16.5. The summed E-state index contributed by atoms with van der Waals surface area (Å²) in [5.74, 6) is 0.189. The smallest absolute Gasteiger partial charge is 0.227 e. The van der Waals surface area contributed by atoms with Gasteiger partial charge in [0.1, 0.15) is 0 Å². The van der Waals surface area contributed by atoms with Crippen LogP contribution in [-0.4, -0.2) is 56.7 Å². The van der Waals surface area contributed by atoms with Crippen LogP contribution in [-0.2, 0) is 9.53 Å². The van der Waals surface area contributed by atoms with Gasteiger partial charge >= 0.3 is 0 Å². The van der Waals surface area contributed by atoms with Gasteiger partial charge in [0.25, 0.3) is 0 Å². The van der Waals surface area contributed by atoms with Crippen molar-refractivity contribution in [1.29, 1.82) is 0 Å². The van der Waals surface area contributed by atoms with Crippen molar-refractivity contribution in [2.75, 3.05) is 45.9 Å². The molecule has 1 aliphatic carbocycles. The molecule has 0 spiro atoms. The van der Waals surface area contributed by atoms with E-state index in [1.807, 2.05) is 0 Å². The van der Waals surface area contributed by atoms with Gasteiger partial charge in [-0.05, 0) is 25.8 Å². The number of morpholine rings is 1. The molecule has 0 aromatic rings. The number of carbonyl (C=O) groups is 1. The maximum Gasteiger partial charge on any atom is 0.227 e. The SMILES string of the molecule is NCC1(C(=O)NCCCN2CCOCC2)CCCCCC1. The third kappa shape index (κ3) is 4.94. The average Bonchev–Trinajstić information content (AvgIpc) is 2.79. The maximum absolute atomic E-state index is 12.5. The summed E-state index contributed by atoms with van der Waals surface area (Å²) in [6.07, 6.45) is 7.68. The number of ether oxygens (including phenoxy) is 1. The summed E-state index contributed by atoms with van der Waals surface area (Å²) < 4.78 is 5.34. The lowest BCUT2D eigenvalue weighted by Gasteiger charge is -2.30. The molecule has 5 heteroatoms. The van der Waals surface area contributed by atoms with Crippen LogP contribution in [0.4, 0.5) is 0 Å². The summed E-state index contributed by atoms with van der Waals surface area (Å²) in [4.78, 5) is 14.9. The third-order valence-electron chi connectivity index (χ3n) is 4.97. The molecule has 1 saturated heterocycles. The minimum absolute atomic E-state index is 0.189. The monoisotopic (exact) mass is 297 g/mol. The molecular weight excluding hydrogens is 266 g/mol. The Hall–Kier alpha value is -0.650. The quantitative estimate of drug-likeness (QED) is 0.569. The fraction of sp³-hybridized carbons (Fsp3) is 0.938. The van der Waals surface area contributed by atoms with Gasteiger partial charge < -0.3 is 15.8 Å². The fourth-order valence-electron chi connectivity index (χ4n) is 3.45. The zero-order chi connectivity index (χ0) is 15.0. The molecule has 2 aliphatic rings. The summed E-state index contributed by atoms with van der Waals surface area (Å²) in [7, 11) is 0. The van der Waals surface area contributed by atoms with Crippen molar-refractivity contribution >= 4 is 5.91 Å². The molecule has 21 heavy (non-hydrogen) atoms. The van der Waals surface area contributed by atoms with E-state index in [0.29, 0.717) is 6.54 Å². The van der Waals surface area contributed by atoms with Crippen LogP contribution in [0.15, 0.2) is 0 Å². The van der Waals surface area contributed by atoms with Crippen LogP contribution in [0, 0.1) is 5.41 Å². The summed E-state index contributed by atoms with van der Waals surface area (Å²) in [5.41, 5.74) is 5.65. The molecule has 1 heterocycles. The number of amides is 1. The van der Waals surface area contributed by atoms with Crippen molar-refractivity contribution in [1.82, 2.24) is 10.2 Å². The molecule has 3 N–H and O–H groups in total. The van der Waals surface area contributed by atoms with E-state index >= 15 is 0 Å². The number of rotatable bonds is 6. The minimum Gasteiger partial charge on any atom is -0.379 e. The zero-order valence-electron chi connectivity index (χ0n) is 13.2. The van der Waals surface area contributed by atoms with Gasteiger partial charge in [-0.3, -0.25) is 9.69 Å². The van der Waals surface area contributed by atoms with Crippen LogP contribution >= 0.6 is 0 Å². The van der Waals surface area contributed by atoms with Crippen molar-refractivity contribution in [2.45, 2.75) is 44.9 Å². The Balaban J connectivity index is 1.69. The molecule has 2 fully saturated rings. The number of nitrogens with one attached hydrogen (secondary N) is 1. The zero-order valence-corrected chi connectivity index (χ0v) is 13.2. The Morgan fingerprint density at radius 1 is 1.14 bits per heavy atom. The third-order valence-corrected chi connectivity index (χ3v) is 4.97. The highest BCUT2D eigenvalue weighted by molar-refractivity contribution is 5.82. The van der Waals surface area contributed by atoms with Crippen LogP contribution in [0.2, 0.25) is 0 Å². The lowest BCUT2D eigenvalue weighted by molar-refractivity contribution is -0.131. The number of nitrogens with zero attached hydrogens (tertiary/aromatic N) is 1. The Morgan fingerprint density at radius 2 is 1.81 bits per heavy atom. The van der Waals surface area contributed by atoms with E-state index < -0.39 is 0 Å². The average molecular weight is 297 g/mol. The highest BCUT2D eigenvalue weighted by Gasteiger charge is 2.36. The summed E-state index contributed by atoms with van der Waals surface area (Å²) in [5, 5.41) is 3.13. The second-order valence-corrected chi connectivity index (χ2v) is 6.46. The summed E-state index contributed by atoms with van der Waals surface area (Å²) in [6, 6.07) is 0. The first-order chi connectivity index (χ1) is 10.3. The van der Waals surface area contributed by atoms with Gasteiger partial charge in [0.15, 0.2) is 0 Å². The molecule has 122 valence electrons. The fourth-order valence-corrected chi connectivity index (χ4v) is 3.45. The van der Waals surface area contributed by atoms with E-state index in [2.05, 4.69) is 10.2 Å². The number of nitrogens with two attached hydrogens (primary N) is 1. The normalized spacial score (nSPS) is 23.5. The van der Waals surface area contributed by atoms with Crippen molar-refractivity contribution in [3.63, 3.8) is 0 Å². The number of hydrogen-bond acceptors (Lipinski definition) is 4. The van der Waals surface area contributed by atoms with Gasteiger partial charge in [0.05, 0.1) is 18.6 Å². The minimum atomic E-state index is -0.296. The first-order valence-electron chi connectivity index (χ1n) is 8.55. The van der Waals surface area contributed by atoms with E-state index in [4.69, 9.17) is 10.5 Å². The van der Waals surface area contributed by atoms with Crippen LogP contribution < -0.4 is 11.1 Å². The molecule has 0 aromatic carbocycles. The molecule has 1 amide bonds. The molecule has 1 saturated carbocycles. The standard InChI is InChI=1S/C16H31N3O2/c17-14-16(6-3-1-2-4-7-16)15(20)18-8-5-9-19-10-12-21-13-11-19/h1-14,17H2,(H,18,20). The van der Waals surface area contributed by atoms with Crippen LogP contribution in [0.25, 0.3) is 0 Å². The molecule has 0 radical (unpaired) electrons. The van der Waals surface area contributed by atoms with E-state index in [1.54, 1.807) is 0 Å². The number of carbonyl (C=O) groups excluding carboxylic acids is 1. The van der Waals surface area contributed by atoms with Crippen molar-refractivity contribution < 1.29 is 9.53 Å². The van der Waals surface area contributed by atoms with Gasteiger partial charge in [-0.15, -0.1) is 0 Å². The van der Waals surface area contributed by atoms with E-state index in [0.717, 1.165) is 71.5 Å². The molecular formula is C16H31N3O2. The van der Waals surface area contributed by atoms with Crippen LogP contribution in [0.1, 0.15) is 44.9 Å². The van der Waals surface area contributed by atoms with Crippen LogP contribution in [0.5, 0.6) is 0 Å². The van der Waals surface area contributed by atoms with Crippen molar-refractivity contribution in [3.8, 4) is 0 Å². The van der Waals surface area contributed by atoms with Gasteiger partial charge in [-0.1, -0.05) is 25.7 Å². The first kappa shape index (κ1) is 16.7. The first-order valence-corrected chi connectivity index (χ1v) is 8.55. The van der Waals surface area contributed by atoms with E-state index in [-0.39, 0.29) is 11.3 Å². The largest absolute Gasteiger partial charge is 0.379 e. The number of hydrogen-bond donors (Lipinski definition) is 2. The predicted molar refractivity (Wildman–Crippen MR) is 84.1 cm³/mol. The Bertz CT molecular complexity index is 309. The topological polar surface area (TPSA) is 67.6 Å². The molecule has 0 unspecified atom stereocenters. The van der Waals surface area contributed by atoms with Gasteiger partial charge in [-0.2, -0.15) is 0 Å². The summed E-state index contributed by atoms with van der Waals surface area (Å²) >= 11 is 0. The molecule has 1 aliphatic heterocycles. The molecule has 0 bridgehead atoms. The molecule has 5 nitrogen and oxygen atoms in total. The Kier molecular flexibility index (Phi) is 6.93.